The van der Waals surface area contributed by atoms with E-state index in [1.165, 1.54) is 16.7 Å². The van der Waals surface area contributed by atoms with Crippen molar-refractivity contribution in [1.82, 2.24) is 10.2 Å². The zero-order valence-electron chi connectivity index (χ0n) is 11.8. The number of thioether (sulfide) groups is 1. The van der Waals surface area contributed by atoms with E-state index in [-0.39, 0.29) is 5.91 Å². The smallest absolute Gasteiger partial charge is 0.254 e. The Morgan fingerprint density at radius 1 is 1.33 bits per heavy atom. The maximum atomic E-state index is 12.7. The van der Waals surface area contributed by atoms with Gasteiger partial charge in [0.05, 0.1) is 0 Å². The highest BCUT2D eigenvalue weighted by molar-refractivity contribution is 8.00. The van der Waals surface area contributed by atoms with E-state index in [9.17, 15) is 13.2 Å². The summed E-state index contributed by atoms with van der Waals surface area (Å²) in [5.41, 5.74) is 2.92. The highest BCUT2D eigenvalue weighted by Crippen LogP contribution is 2.24. The van der Waals surface area contributed by atoms with Crippen molar-refractivity contribution >= 4 is 27.5 Å². The number of nitrogens with one attached hydrogen (secondary N) is 1. The van der Waals surface area contributed by atoms with Gasteiger partial charge in [-0.25, -0.2) is 8.42 Å². The maximum Gasteiger partial charge on any atom is 0.254 e. The average molecular weight is 326 g/mol. The van der Waals surface area contributed by atoms with E-state index >= 15 is 0 Å². The third-order valence-corrected chi connectivity index (χ3v) is 6.57. The molecule has 21 heavy (non-hydrogen) atoms. The molecule has 1 amide bonds. The summed E-state index contributed by atoms with van der Waals surface area (Å²) in [6.45, 7) is 2.08. The molecular weight excluding hydrogens is 308 g/mol. The van der Waals surface area contributed by atoms with Crippen molar-refractivity contribution in [2.75, 3.05) is 24.3 Å². The standard InChI is InChI=1S/C14H18N2O3S2/c1-21(18,19)13-9-20-5-4-16(13)14(17)10-2-3-11-7-15-8-12(11)6-10/h2-3,6,13,15H,4-5,7-9H2,1H3. The van der Waals surface area contributed by atoms with Gasteiger partial charge in [-0.1, -0.05) is 6.07 Å². The summed E-state index contributed by atoms with van der Waals surface area (Å²) in [5, 5.41) is 2.53. The molecule has 2 aliphatic heterocycles. The van der Waals surface area contributed by atoms with Crippen LogP contribution >= 0.6 is 11.8 Å². The molecule has 2 aliphatic rings. The highest BCUT2D eigenvalue weighted by Gasteiger charge is 2.34. The lowest BCUT2D eigenvalue weighted by Crippen LogP contribution is -2.49. The molecule has 7 heteroatoms. The number of nitrogens with zero attached hydrogens (tertiary/aromatic N) is 1. The van der Waals surface area contributed by atoms with E-state index in [1.807, 2.05) is 12.1 Å². The van der Waals surface area contributed by atoms with Crippen LogP contribution in [-0.4, -0.2) is 48.9 Å². The summed E-state index contributed by atoms with van der Waals surface area (Å²) in [6.07, 6.45) is 1.20. The Labute approximate surface area is 129 Å². The van der Waals surface area contributed by atoms with Gasteiger partial charge in [-0.15, -0.1) is 0 Å². The molecule has 0 aliphatic carbocycles. The number of sulfone groups is 1. The summed E-state index contributed by atoms with van der Waals surface area (Å²) in [7, 11) is -3.27. The molecule has 2 heterocycles. The fourth-order valence-corrected chi connectivity index (χ4v) is 5.58. The van der Waals surface area contributed by atoms with Gasteiger partial charge in [0.2, 0.25) is 0 Å². The predicted octanol–water partition coefficient (Wildman–Crippen LogP) is 0.849. The number of benzene rings is 1. The van der Waals surface area contributed by atoms with Gasteiger partial charge >= 0.3 is 0 Å². The minimum atomic E-state index is -3.27. The largest absolute Gasteiger partial charge is 0.320 e. The zero-order valence-corrected chi connectivity index (χ0v) is 13.5. The lowest BCUT2D eigenvalue weighted by Gasteiger charge is -2.34. The van der Waals surface area contributed by atoms with Crippen LogP contribution < -0.4 is 5.32 Å². The van der Waals surface area contributed by atoms with Gasteiger partial charge in [-0.2, -0.15) is 11.8 Å². The molecule has 1 fully saturated rings. The Bertz CT molecular complexity index is 673. The van der Waals surface area contributed by atoms with Gasteiger partial charge in [0.15, 0.2) is 9.84 Å². The monoisotopic (exact) mass is 326 g/mol. The Hall–Kier alpha value is -1.05. The topological polar surface area (TPSA) is 66.5 Å². The van der Waals surface area contributed by atoms with Gasteiger partial charge < -0.3 is 10.2 Å². The minimum Gasteiger partial charge on any atom is -0.320 e. The molecule has 5 nitrogen and oxygen atoms in total. The van der Waals surface area contributed by atoms with Crippen molar-refractivity contribution in [1.29, 1.82) is 0 Å². The summed E-state index contributed by atoms with van der Waals surface area (Å²) in [4.78, 5) is 14.2. The van der Waals surface area contributed by atoms with Crippen molar-refractivity contribution in [3.05, 3.63) is 34.9 Å². The van der Waals surface area contributed by atoms with Gasteiger partial charge in [-0.3, -0.25) is 4.79 Å². The molecule has 1 aromatic carbocycles. The number of amides is 1. The van der Waals surface area contributed by atoms with Gasteiger partial charge in [-0.05, 0) is 23.3 Å². The number of carbonyl (C=O) groups excluding carboxylic acids is 1. The van der Waals surface area contributed by atoms with E-state index in [4.69, 9.17) is 0 Å². The molecule has 0 spiro atoms. The Morgan fingerprint density at radius 2 is 2.10 bits per heavy atom. The van der Waals surface area contributed by atoms with Crippen LogP contribution in [0.3, 0.4) is 0 Å². The quantitative estimate of drug-likeness (QED) is 0.873. The minimum absolute atomic E-state index is 0.180. The fourth-order valence-electron chi connectivity index (χ4n) is 2.76. The van der Waals surface area contributed by atoms with Gasteiger partial charge in [0, 0.05) is 43.0 Å². The average Bonchev–Trinajstić information content (AvgIpc) is 2.93. The van der Waals surface area contributed by atoms with Crippen molar-refractivity contribution in [2.24, 2.45) is 0 Å². The number of hydrogen-bond acceptors (Lipinski definition) is 5. The molecule has 1 atom stereocenters. The third-order valence-electron chi connectivity index (χ3n) is 3.92. The second-order valence-corrected chi connectivity index (χ2v) is 8.80. The van der Waals surface area contributed by atoms with E-state index in [1.54, 1.807) is 17.8 Å². The Kier molecular flexibility index (Phi) is 3.98. The molecule has 1 unspecified atom stereocenters. The molecule has 0 saturated carbocycles. The van der Waals surface area contributed by atoms with Crippen molar-refractivity contribution in [2.45, 2.75) is 18.5 Å². The van der Waals surface area contributed by atoms with Crippen LogP contribution in [0.4, 0.5) is 0 Å². The van der Waals surface area contributed by atoms with Crippen LogP contribution in [0.25, 0.3) is 0 Å². The van der Waals surface area contributed by atoms with Crippen LogP contribution in [0.15, 0.2) is 18.2 Å². The zero-order chi connectivity index (χ0) is 15.0. The fraction of sp³-hybridized carbons (Fsp3) is 0.500. The Balaban J connectivity index is 1.89. The maximum absolute atomic E-state index is 12.7. The van der Waals surface area contributed by atoms with Crippen LogP contribution in [0.5, 0.6) is 0 Å². The summed E-state index contributed by atoms with van der Waals surface area (Å²) in [6, 6.07) is 5.64. The van der Waals surface area contributed by atoms with Crippen molar-refractivity contribution in [3.8, 4) is 0 Å². The van der Waals surface area contributed by atoms with Crippen LogP contribution in [-0.2, 0) is 22.9 Å². The molecule has 1 saturated heterocycles. The molecule has 1 N–H and O–H groups in total. The third kappa shape index (κ3) is 2.95. The molecule has 1 aromatic rings. The van der Waals surface area contributed by atoms with E-state index < -0.39 is 15.2 Å². The predicted molar refractivity (Wildman–Crippen MR) is 84.0 cm³/mol. The molecule has 0 aromatic heterocycles. The van der Waals surface area contributed by atoms with Crippen LogP contribution in [0.2, 0.25) is 0 Å². The highest BCUT2D eigenvalue weighted by atomic mass is 32.2. The SMILES string of the molecule is CS(=O)(=O)C1CSCCN1C(=O)c1ccc2c(c1)CNC2. The molecule has 114 valence electrons. The van der Waals surface area contributed by atoms with Crippen molar-refractivity contribution in [3.63, 3.8) is 0 Å². The van der Waals surface area contributed by atoms with Crippen LogP contribution in [0, 0.1) is 0 Å². The van der Waals surface area contributed by atoms with Crippen LogP contribution in [0.1, 0.15) is 21.5 Å². The summed E-state index contributed by atoms with van der Waals surface area (Å²) in [5.74, 6) is 1.06. The second-order valence-electron chi connectivity index (χ2n) is 5.44. The van der Waals surface area contributed by atoms with Gasteiger partial charge in [0.1, 0.15) is 5.37 Å². The van der Waals surface area contributed by atoms with Gasteiger partial charge in [0.25, 0.3) is 5.91 Å². The first kappa shape index (κ1) is 14.9. The first-order chi connectivity index (χ1) is 9.97. The van der Waals surface area contributed by atoms with E-state index in [2.05, 4.69) is 5.32 Å². The number of hydrogen-bond donors (Lipinski definition) is 1. The number of rotatable bonds is 2. The first-order valence-electron chi connectivity index (χ1n) is 6.87. The molecule has 0 bridgehead atoms. The molecular formula is C14H18N2O3S2. The number of carbonyl (C=O) groups is 1. The van der Waals surface area contributed by atoms with E-state index in [0.29, 0.717) is 17.9 Å². The first-order valence-corrected chi connectivity index (χ1v) is 9.98. The Morgan fingerprint density at radius 3 is 2.86 bits per heavy atom. The van der Waals surface area contributed by atoms with E-state index in [0.717, 1.165) is 24.4 Å². The summed E-state index contributed by atoms with van der Waals surface area (Å²) >= 11 is 1.58. The lowest BCUT2D eigenvalue weighted by atomic mass is 10.1. The second kappa shape index (κ2) is 5.62. The summed E-state index contributed by atoms with van der Waals surface area (Å²) < 4.78 is 23.8. The lowest BCUT2D eigenvalue weighted by molar-refractivity contribution is 0.0749. The number of fused-ring (bicyclic) bond motifs is 1. The normalized spacial score (nSPS) is 22.1. The molecule has 0 radical (unpaired) electrons. The van der Waals surface area contributed by atoms with Crippen molar-refractivity contribution < 1.29 is 13.2 Å². The molecule has 3 rings (SSSR count).